The van der Waals surface area contributed by atoms with Crippen LogP contribution in [0.2, 0.25) is 0 Å². The van der Waals surface area contributed by atoms with E-state index in [-0.39, 0.29) is 4.70 Å². The van der Waals surface area contributed by atoms with Crippen molar-refractivity contribution in [2.24, 2.45) is 0 Å². The van der Waals surface area contributed by atoms with Crippen molar-refractivity contribution in [3.05, 3.63) is 85.9 Å². The molecule has 3 aromatic carbocycles. The first-order valence-corrected chi connectivity index (χ1v) is 16.5. The first kappa shape index (κ1) is 30.4. The zero-order chi connectivity index (χ0) is 30.1. The quantitative estimate of drug-likeness (QED) is 0.207. The summed E-state index contributed by atoms with van der Waals surface area (Å²) in [5.41, 5.74) is 10.1. The number of aromatic carboxylic acids is 1. The summed E-state index contributed by atoms with van der Waals surface area (Å²) in [6.45, 7) is 4.45. The van der Waals surface area contributed by atoms with Crippen LogP contribution in [0.4, 0.5) is 26.7 Å². The van der Waals surface area contributed by atoms with E-state index in [9.17, 15) is 30.9 Å². The van der Waals surface area contributed by atoms with E-state index < -0.39 is 14.1 Å². The maximum atomic E-state index is 12.4. The molecule has 234 valence electrons. The number of aryl methyl sites for hydroxylation is 2. The molecular formula is C32H31F6N2O3P. The SMILES string of the molecule is FP(F)(F)(F)F.O=C(O)c1ccccc1C1=c2cc3c4c(c2Oc2c1cc1c5c2CCCN5CCC1)CCC[N+]=4CCC3.[F-]. The van der Waals surface area contributed by atoms with Crippen LogP contribution in [0.1, 0.15) is 69.4 Å². The van der Waals surface area contributed by atoms with Crippen LogP contribution in [0.15, 0.2) is 36.4 Å². The third-order valence-corrected chi connectivity index (χ3v) is 9.11. The second kappa shape index (κ2) is 10.8. The van der Waals surface area contributed by atoms with Gasteiger partial charge in [-0.3, -0.25) is 0 Å². The van der Waals surface area contributed by atoms with Crippen molar-refractivity contribution in [2.75, 3.05) is 31.1 Å². The molecule has 5 aliphatic heterocycles. The summed E-state index contributed by atoms with van der Waals surface area (Å²) < 4.78 is 58.8. The van der Waals surface area contributed by atoms with Crippen LogP contribution in [-0.4, -0.2) is 37.3 Å². The minimum absolute atomic E-state index is 0. The van der Waals surface area contributed by atoms with Crippen molar-refractivity contribution >= 4 is 25.4 Å². The van der Waals surface area contributed by atoms with Gasteiger partial charge in [-0.05, 0) is 67.9 Å². The van der Waals surface area contributed by atoms with Crippen molar-refractivity contribution in [3.8, 4) is 11.5 Å². The molecule has 0 radical (unpaired) electrons. The maximum absolute atomic E-state index is 12.4. The van der Waals surface area contributed by atoms with Gasteiger partial charge in [0, 0.05) is 59.1 Å². The topological polar surface area (TPSA) is 52.8 Å². The summed E-state index contributed by atoms with van der Waals surface area (Å²) in [7, 11) is -8.55. The molecule has 0 atom stereocenters. The van der Waals surface area contributed by atoms with Gasteiger partial charge in [0.15, 0.2) is 0 Å². The van der Waals surface area contributed by atoms with E-state index in [1.165, 1.54) is 33.3 Å². The number of benzene rings is 3. The minimum Gasteiger partial charge on any atom is -1.00 e. The van der Waals surface area contributed by atoms with Crippen molar-refractivity contribution in [2.45, 2.75) is 51.4 Å². The number of fused-ring (bicyclic) bond motifs is 4. The van der Waals surface area contributed by atoms with Gasteiger partial charge in [-0.1, -0.05) is 18.2 Å². The Morgan fingerprint density at radius 2 is 1.45 bits per heavy atom. The van der Waals surface area contributed by atoms with Crippen LogP contribution in [-0.2, 0) is 25.7 Å². The Bertz CT molecular complexity index is 1810. The van der Waals surface area contributed by atoms with Crippen LogP contribution in [0.5, 0.6) is 11.5 Å². The van der Waals surface area contributed by atoms with Gasteiger partial charge in [0.1, 0.15) is 24.6 Å². The van der Waals surface area contributed by atoms with Gasteiger partial charge in [0.2, 0.25) is 5.36 Å². The van der Waals surface area contributed by atoms with Gasteiger partial charge in [-0.2, -0.15) is 0 Å². The second-order valence-corrected chi connectivity index (χ2v) is 13.1. The minimum atomic E-state index is -8.55. The van der Waals surface area contributed by atoms with E-state index in [1.54, 1.807) is 6.07 Å². The van der Waals surface area contributed by atoms with E-state index >= 15 is 0 Å². The molecule has 0 saturated carbocycles. The number of anilines is 1. The zero-order valence-corrected chi connectivity index (χ0v) is 24.7. The summed E-state index contributed by atoms with van der Waals surface area (Å²) in [5, 5.41) is 12.7. The summed E-state index contributed by atoms with van der Waals surface area (Å²) in [6.07, 6.45) is 8.74. The Labute approximate surface area is 250 Å². The molecule has 44 heavy (non-hydrogen) atoms. The van der Waals surface area contributed by atoms with Crippen molar-refractivity contribution in [1.82, 2.24) is 4.58 Å². The van der Waals surface area contributed by atoms with Crippen molar-refractivity contribution < 1.29 is 40.3 Å². The summed E-state index contributed by atoms with van der Waals surface area (Å²) >= 11 is 0. The standard InChI is InChI=1S/C32H30N2O3.F5P.FH/c35-32(36)22-10-2-1-9-21(22)27-25-17-19-7-3-13-33-15-5-11-23(28(19)33)30(25)37-31-24-12-6-16-34-14-4-8-20(29(24)34)18-26(27)31;1-6(2,3,4)5;/h1-2,9-10,17-18H,3-8,11-16H2;;1H. The van der Waals surface area contributed by atoms with Gasteiger partial charge in [-0.25, -0.2) is 9.37 Å². The van der Waals surface area contributed by atoms with Gasteiger partial charge in [-0.15, -0.1) is 0 Å². The number of rotatable bonds is 2. The smallest absolute Gasteiger partial charge is 0.336 e. The summed E-state index contributed by atoms with van der Waals surface area (Å²) in [4.78, 5) is 15.0. The average molecular weight is 637 g/mol. The summed E-state index contributed by atoms with van der Waals surface area (Å²) in [6, 6.07) is 12.2. The number of nitrogens with zero attached hydrogens (tertiary/aromatic N) is 2. The second-order valence-electron chi connectivity index (χ2n) is 11.8. The van der Waals surface area contributed by atoms with E-state index in [2.05, 4.69) is 21.6 Å². The van der Waals surface area contributed by atoms with Crippen LogP contribution in [0.3, 0.4) is 0 Å². The van der Waals surface area contributed by atoms with Crippen LogP contribution in [0.25, 0.3) is 5.57 Å². The molecule has 0 amide bonds. The Morgan fingerprint density at radius 1 is 0.818 bits per heavy atom. The predicted octanol–water partition coefficient (Wildman–Crippen LogP) is 3.79. The van der Waals surface area contributed by atoms with Gasteiger partial charge < -0.3 is 19.4 Å². The Balaban J connectivity index is 0.000000449. The largest absolute Gasteiger partial charge is 1.00 e. The fourth-order valence-electron chi connectivity index (χ4n) is 7.69. The molecule has 0 fully saturated rings. The number of hydrogen-bond acceptors (Lipinski definition) is 3. The fourth-order valence-corrected chi connectivity index (χ4v) is 7.69. The first-order chi connectivity index (χ1) is 20.4. The Morgan fingerprint density at radius 3 is 2.18 bits per heavy atom. The molecule has 0 spiro atoms. The van der Waals surface area contributed by atoms with Crippen LogP contribution in [0, 0.1) is 0 Å². The number of carboxylic acid groups (broad SMARTS) is 1. The van der Waals surface area contributed by atoms with Crippen molar-refractivity contribution in [1.29, 1.82) is 0 Å². The molecule has 12 heteroatoms. The van der Waals surface area contributed by atoms with Gasteiger partial charge in [0.05, 0.1) is 11.1 Å². The van der Waals surface area contributed by atoms with Gasteiger partial charge in [0.25, 0.3) is 0 Å². The average Bonchev–Trinajstić information content (AvgIpc) is 2.96. The molecule has 0 saturated heterocycles. The molecule has 0 unspecified atom stereocenters. The van der Waals surface area contributed by atoms with Crippen LogP contribution < -0.4 is 29.5 Å². The van der Waals surface area contributed by atoms with Gasteiger partial charge >= 0.3 is 35.1 Å². The van der Waals surface area contributed by atoms with Crippen LogP contribution >= 0.6 is 8.16 Å². The molecule has 0 aliphatic carbocycles. The Hall–Kier alpha value is -3.59. The monoisotopic (exact) mass is 636 g/mol. The van der Waals surface area contributed by atoms with Crippen molar-refractivity contribution in [3.63, 3.8) is 0 Å². The number of carbonyl (C=O) groups is 1. The molecule has 3 aromatic rings. The predicted molar refractivity (Wildman–Crippen MR) is 156 cm³/mol. The molecular weight excluding hydrogens is 605 g/mol. The number of halogens is 6. The normalized spacial score (nSPS) is 18.5. The zero-order valence-electron chi connectivity index (χ0n) is 23.8. The molecule has 8 rings (SSSR count). The fraction of sp³-hybridized carbons (Fsp3) is 0.375. The third-order valence-electron chi connectivity index (χ3n) is 9.11. The molecule has 0 aromatic heterocycles. The number of hydrogen-bond donors (Lipinski definition) is 1. The molecule has 1 N–H and O–H groups in total. The molecule has 5 aliphatic rings. The van der Waals surface area contributed by atoms with E-state index in [1.807, 2.05) is 18.2 Å². The van der Waals surface area contributed by atoms with E-state index in [0.717, 1.165) is 111 Å². The van der Waals surface area contributed by atoms with E-state index in [0.29, 0.717) is 5.56 Å². The number of ether oxygens (including phenoxy) is 1. The molecule has 5 nitrogen and oxygen atoms in total. The molecule has 0 bridgehead atoms. The third kappa shape index (κ3) is 5.44. The summed E-state index contributed by atoms with van der Waals surface area (Å²) in [5.74, 6) is 1.06. The Kier molecular flexibility index (Phi) is 7.46. The molecule has 5 heterocycles. The first-order valence-electron chi connectivity index (χ1n) is 14.8. The number of carboxylic acids is 1. The van der Waals surface area contributed by atoms with E-state index in [4.69, 9.17) is 4.74 Å². The maximum Gasteiger partial charge on any atom is 0.336 e.